The molecule has 0 radical (unpaired) electrons. The van der Waals surface area contributed by atoms with Crippen molar-refractivity contribution in [1.29, 1.82) is 0 Å². The number of benzene rings is 2. The van der Waals surface area contributed by atoms with Crippen LogP contribution in [0.4, 0.5) is 5.69 Å². The van der Waals surface area contributed by atoms with Gasteiger partial charge < -0.3 is 29.6 Å². The highest BCUT2D eigenvalue weighted by atomic mass is 16.7. The van der Waals surface area contributed by atoms with E-state index >= 15 is 0 Å². The van der Waals surface area contributed by atoms with Gasteiger partial charge in [0.1, 0.15) is 0 Å². The van der Waals surface area contributed by atoms with E-state index in [4.69, 9.17) is 9.47 Å². The number of carbonyl (C=O) groups excluding carboxylic acids is 1. The van der Waals surface area contributed by atoms with Gasteiger partial charge >= 0.3 is 0 Å². The number of carbonyl (C=O) groups is 1. The Labute approximate surface area is 199 Å². The number of amides is 1. The van der Waals surface area contributed by atoms with Crippen molar-refractivity contribution >= 4 is 22.5 Å². The molecule has 1 aromatic heterocycles. The van der Waals surface area contributed by atoms with E-state index in [0.717, 1.165) is 40.7 Å². The first-order valence-corrected chi connectivity index (χ1v) is 11.8. The molecule has 1 fully saturated rings. The molecular formula is C27H32N2O5. The molecule has 1 saturated carbocycles. The minimum absolute atomic E-state index is 0.0229. The molecule has 2 atom stereocenters. The van der Waals surface area contributed by atoms with E-state index in [0.29, 0.717) is 11.5 Å². The SMILES string of the molecule is CC(C(O)CO)n1c(C(C)(C)C)cc2cc(NC(=O)C3(c4ccc5c(c4)OCO5)CC3)ccc21. The van der Waals surface area contributed by atoms with E-state index < -0.39 is 11.5 Å². The van der Waals surface area contributed by atoms with Crippen LogP contribution in [0.5, 0.6) is 11.5 Å². The molecule has 2 unspecified atom stereocenters. The fourth-order valence-electron chi connectivity index (χ4n) is 4.87. The Bertz CT molecular complexity index is 1250. The summed E-state index contributed by atoms with van der Waals surface area (Å²) in [7, 11) is 0. The molecule has 3 aromatic rings. The van der Waals surface area contributed by atoms with Crippen molar-refractivity contribution in [3.05, 3.63) is 53.7 Å². The molecule has 5 rings (SSSR count). The van der Waals surface area contributed by atoms with Crippen molar-refractivity contribution in [3.63, 3.8) is 0 Å². The average Bonchev–Trinajstić information content (AvgIpc) is 3.32. The maximum atomic E-state index is 13.4. The summed E-state index contributed by atoms with van der Waals surface area (Å²) in [4.78, 5) is 13.4. The van der Waals surface area contributed by atoms with E-state index in [1.807, 2.05) is 43.3 Å². The largest absolute Gasteiger partial charge is 0.454 e. The average molecular weight is 465 g/mol. The van der Waals surface area contributed by atoms with Crippen molar-refractivity contribution in [2.45, 2.75) is 63.5 Å². The molecule has 1 amide bonds. The summed E-state index contributed by atoms with van der Waals surface area (Å²) >= 11 is 0. The topological polar surface area (TPSA) is 93.0 Å². The van der Waals surface area contributed by atoms with E-state index in [9.17, 15) is 15.0 Å². The number of aliphatic hydroxyl groups is 2. The van der Waals surface area contributed by atoms with Gasteiger partial charge in [0.25, 0.3) is 0 Å². The highest BCUT2D eigenvalue weighted by Gasteiger charge is 2.51. The van der Waals surface area contributed by atoms with Crippen LogP contribution >= 0.6 is 0 Å². The Morgan fingerprint density at radius 1 is 1.12 bits per heavy atom. The third-order valence-electron chi connectivity index (χ3n) is 7.13. The molecule has 180 valence electrons. The monoisotopic (exact) mass is 464 g/mol. The van der Waals surface area contributed by atoms with Gasteiger partial charge in [-0.2, -0.15) is 0 Å². The maximum Gasteiger partial charge on any atom is 0.235 e. The summed E-state index contributed by atoms with van der Waals surface area (Å²) < 4.78 is 13.0. The minimum Gasteiger partial charge on any atom is -0.454 e. The van der Waals surface area contributed by atoms with Crippen LogP contribution in [0.1, 0.15) is 57.8 Å². The Morgan fingerprint density at radius 2 is 1.85 bits per heavy atom. The van der Waals surface area contributed by atoms with Gasteiger partial charge in [-0.25, -0.2) is 0 Å². The van der Waals surface area contributed by atoms with E-state index in [1.165, 1.54) is 0 Å². The number of rotatable bonds is 6. The summed E-state index contributed by atoms with van der Waals surface area (Å²) in [6, 6.07) is 13.4. The lowest BCUT2D eigenvalue weighted by atomic mass is 9.91. The van der Waals surface area contributed by atoms with Crippen LogP contribution in [-0.2, 0) is 15.6 Å². The second kappa shape index (κ2) is 8.03. The Balaban J connectivity index is 1.45. The van der Waals surface area contributed by atoms with Crippen molar-refractivity contribution in [1.82, 2.24) is 4.57 Å². The Kier molecular flexibility index (Phi) is 5.37. The Hall–Kier alpha value is -3.03. The van der Waals surface area contributed by atoms with E-state index in [-0.39, 0.29) is 30.8 Å². The molecule has 1 aliphatic carbocycles. The lowest BCUT2D eigenvalue weighted by Crippen LogP contribution is -2.29. The lowest BCUT2D eigenvalue weighted by Gasteiger charge is -2.28. The fraction of sp³-hybridized carbons (Fsp3) is 0.444. The van der Waals surface area contributed by atoms with Gasteiger partial charge in [-0.15, -0.1) is 0 Å². The van der Waals surface area contributed by atoms with Crippen LogP contribution in [0, 0.1) is 0 Å². The maximum absolute atomic E-state index is 13.4. The number of fused-ring (bicyclic) bond motifs is 2. The first-order chi connectivity index (χ1) is 16.1. The number of anilines is 1. The third-order valence-corrected chi connectivity index (χ3v) is 7.13. The molecule has 7 nitrogen and oxygen atoms in total. The molecule has 3 N–H and O–H groups in total. The zero-order chi connectivity index (χ0) is 24.3. The molecule has 2 aromatic carbocycles. The molecule has 0 bridgehead atoms. The van der Waals surface area contributed by atoms with Crippen LogP contribution in [0.25, 0.3) is 10.9 Å². The number of hydrogen-bond donors (Lipinski definition) is 3. The molecule has 2 aliphatic rings. The van der Waals surface area contributed by atoms with Crippen molar-refractivity contribution in [2.75, 3.05) is 18.7 Å². The number of nitrogens with one attached hydrogen (secondary N) is 1. The summed E-state index contributed by atoms with van der Waals surface area (Å²) in [6.07, 6.45) is 0.719. The number of aromatic nitrogens is 1. The summed E-state index contributed by atoms with van der Waals surface area (Å²) in [5.41, 5.74) is 2.99. The van der Waals surface area contributed by atoms with Crippen LogP contribution in [0.3, 0.4) is 0 Å². The zero-order valence-corrected chi connectivity index (χ0v) is 20.1. The second-order valence-corrected chi connectivity index (χ2v) is 10.5. The molecule has 0 saturated heterocycles. The Morgan fingerprint density at radius 3 is 2.53 bits per heavy atom. The number of aliphatic hydroxyl groups excluding tert-OH is 2. The van der Waals surface area contributed by atoms with Gasteiger partial charge in [0.05, 0.1) is 24.2 Å². The van der Waals surface area contributed by atoms with Gasteiger partial charge in [-0.1, -0.05) is 26.8 Å². The van der Waals surface area contributed by atoms with Crippen molar-refractivity contribution in [2.24, 2.45) is 0 Å². The smallest absolute Gasteiger partial charge is 0.235 e. The van der Waals surface area contributed by atoms with Gasteiger partial charge in [-0.3, -0.25) is 4.79 Å². The van der Waals surface area contributed by atoms with Gasteiger partial charge in [-0.05, 0) is 61.7 Å². The standard InChI is InChI=1S/C27H32N2O5/c1-16(21(31)14-30)29-20-7-6-19(11-17(20)12-24(29)26(2,3)4)28-25(32)27(9-10-27)18-5-8-22-23(13-18)34-15-33-22/h5-8,11-13,16,21,30-31H,9-10,14-15H2,1-4H3,(H,28,32). The van der Waals surface area contributed by atoms with Crippen LogP contribution in [-0.4, -0.2) is 40.2 Å². The van der Waals surface area contributed by atoms with Gasteiger partial charge in [0, 0.05) is 27.7 Å². The molecule has 34 heavy (non-hydrogen) atoms. The molecule has 2 heterocycles. The lowest BCUT2D eigenvalue weighted by molar-refractivity contribution is -0.118. The predicted molar refractivity (Wildman–Crippen MR) is 131 cm³/mol. The highest BCUT2D eigenvalue weighted by molar-refractivity contribution is 6.02. The van der Waals surface area contributed by atoms with Crippen LogP contribution in [0.15, 0.2) is 42.5 Å². The van der Waals surface area contributed by atoms with Crippen molar-refractivity contribution in [3.8, 4) is 11.5 Å². The van der Waals surface area contributed by atoms with Crippen LogP contribution in [0.2, 0.25) is 0 Å². The number of ether oxygens (including phenoxy) is 2. The third kappa shape index (κ3) is 3.73. The molecule has 1 aliphatic heterocycles. The summed E-state index contributed by atoms with van der Waals surface area (Å²) in [5.74, 6) is 1.38. The predicted octanol–water partition coefficient (Wildman–Crippen LogP) is 4.25. The van der Waals surface area contributed by atoms with Gasteiger partial charge in [0.2, 0.25) is 12.7 Å². The number of hydrogen-bond acceptors (Lipinski definition) is 5. The fourth-order valence-corrected chi connectivity index (χ4v) is 4.87. The van der Waals surface area contributed by atoms with Crippen molar-refractivity contribution < 1.29 is 24.5 Å². The first kappa shape index (κ1) is 22.7. The summed E-state index contributed by atoms with van der Waals surface area (Å²) in [6.45, 7) is 8.19. The number of nitrogens with zero attached hydrogens (tertiary/aromatic N) is 1. The second-order valence-electron chi connectivity index (χ2n) is 10.5. The zero-order valence-electron chi connectivity index (χ0n) is 20.1. The molecular weight excluding hydrogens is 432 g/mol. The highest BCUT2D eigenvalue weighted by Crippen LogP contribution is 2.51. The molecule has 0 spiro atoms. The normalized spacial score (nSPS) is 18.1. The minimum atomic E-state index is -0.868. The van der Waals surface area contributed by atoms with Gasteiger partial charge in [0.15, 0.2) is 11.5 Å². The molecule has 7 heteroatoms. The van der Waals surface area contributed by atoms with E-state index in [2.05, 4.69) is 36.7 Å². The van der Waals surface area contributed by atoms with E-state index in [1.54, 1.807) is 0 Å². The van der Waals surface area contributed by atoms with Crippen LogP contribution < -0.4 is 14.8 Å². The summed E-state index contributed by atoms with van der Waals surface area (Å²) in [5, 5.41) is 24.0. The first-order valence-electron chi connectivity index (χ1n) is 11.8. The quantitative estimate of drug-likeness (QED) is 0.507.